The minimum Gasteiger partial charge on any atom is -0.355 e. The molecule has 2 heterocycles. The van der Waals surface area contributed by atoms with Crippen LogP contribution in [0.25, 0.3) is 0 Å². The van der Waals surface area contributed by atoms with Crippen LogP contribution in [0, 0.1) is 0 Å². The Balaban J connectivity index is 2.01. The van der Waals surface area contributed by atoms with E-state index in [9.17, 15) is 4.79 Å². The molecule has 1 amide bonds. The Hall–Kier alpha value is -0.690. The first-order valence-electron chi connectivity index (χ1n) is 6.03. The van der Waals surface area contributed by atoms with Gasteiger partial charge < -0.3 is 10.6 Å². The van der Waals surface area contributed by atoms with Crippen molar-refractivity contribution in [2.75, 3.05) is 26.2 Å². The van der Waals surface area contributed by atoms with Crippen molar-refractivity contribution in [3.63, 3.8) is 0 Å². The fraction of sp³-hybridized carbons (Fsp3) is 0.636. The molecule has 1 aromatic rings. The lowest BCUT2D eigenvalue weighted by Crippen LogP contribution is -2.57. The number of nitrogens with zero attached hydrogens (tertiary/aromatic N) is 2. The Labute approximate surface area is 116 Å². The van der Waals surface area contributed by atoms with Gasteiger partial charge in [-0.25, -0.2) is 4.98 Å². The molecule has 7 heteroatoms. The number of carbonyl (C=O) groups excluding carboxylic acids is 1. The van der Waals surface area contributed by atoms with Crippen molar-refractivity contribution in [2.24, 2.45) is 0 Å². The Morgan fingerprint density at radius 2 is 2.61 bits per heavy atom. The van der Waals surface area contributed by atoms with Crippen molar-refractivity contribution in [1.29, 1.82) is 0 Å². The van der Waals surface area contributed by atoms with E-state index in [2.05, 4.69) is 20.5 Å². The van der Waals surface area contributed by atoms with Gasteiger partial charge in [0.05, 0.1) is 0 Å². The molecule has 1 aliphatic rings. The maximum absolute atomic E-state index is 12.0. The van der Waals surface area contributed by atoms with Crippen LogP contribution < -0.4 is 10.6 Å². The van der Waals surface area contributed by atoms with Crippen molar-refractivity contribution in [2.45, 2.75) is 19.5 Å². The van der Waals surface area contributed by atoms with Gasteiger partial charge in [-0.05, 0) is 6.92 Å². The summed E-state index contributed by atoms with van der Waals surface area (Å²) in [5.41, 5.74) is 0. The van der Waals surface area contributed by atoms with Crippen molar-refractivity contribution in [3.8, 4) is 0 Å². The molecular weight excluding hydrogens is 272 g/mol. The van der Waals surface area contributed by atoms with Crippen molar-refractivity contribution >= 4 is 28.8 Å². The zero-order chi connectivity index (χ0) is 13.0. The number of rotatable bonds is 4. The van der Waals surface area contributed by atoms with Crippen LogP contribution in [-0.2, 0) is 11.3 Å². The summed E-state index contributed by atoms with van der Waals surface area (Å²) in [7, 11) is 0. The molecule has 1 aliphatic heterocycles. The average molecular weight is 289 g/mol. The van der Waals surface area contributed by atoms with E-state index in [1.807, 2.05) is 6.92 Å². The molecular formula is C11H17ClN4OS. The Morgan fingerprint density at radius 1 is 1.78 bits per heavy atom. The molecule has 5 nitrogen and oxygen atoms in total. The highest BCUT2D eigenvalue weighted by molar-refractivity contribution is 7.15. The van der Waals surface area contributed by atoms with Gasteiger partial charge in [-0.1, -0.05) is 11.6 Å². The summed E-state index contributed by atoms with van der Waals surface area (Å²) in [6.07, 6.45) is 1.78. The van der Waals surface area contributed by atoms with E-state index in [-0.39, 0.29) is 11.9 Å². The van der Waals surface area contributed by atoms with Gasteiger partial charge in [-0.2, -0.15) is 0 Å². The van der Waals surface area contributed by atoms with Gasteiger partial charge in [-0.15, -0.1) is 11.3 Å². The third kappa shape index (κ3) is 3.41. The molecule has 1 fully saturated rings. The normalized spacial score (nSPS) is 20.9. The second-order valence-electron chi connectivity index (χ2n) is 4.16. The first-order valence-corrected chi connectivity index (χ1v) is 7.23. The number of hydrogen-bond acceptors (Lipinski definition) is 5. The summed E-state index contributed by atoms with van der Waals surface area (Å²) in [6, 6.07) is -0.112. The molecule has 0 radical (unpaired) electrons. The molecule has 2 N–H and O–H groups in total. The quantitative estimate of drug-likeness (QED) is 0.857. The van der Waals surface area contributed by atoms with Gasteiger partial charge in [-0.3, -0.25) is 9.69 Å². The number of piperazine rings is 1. The third-order valence-electron chi connectivity index (χ3n) is 2.89. The number of thiazole rings is 1. The highest BCUT2D eigenvalue weighted by Gasteiger charge is 2.28. The van der Waals surface area contributed by atoms with Gasteiger partial charge >= 0.3 is 0 Å². The molecule has 18 heavy (non-hydrogen) atoms. The number of amides is 1. The molecule has 1 unspecified atom stereocenters. The number of aromatic nitrogens is 1. The highest BCUT2D eigenvalue weighted by atomic mass is 35.5. The lowest BCUT2D eigenvalue weighted by molar-refractivity contribution is -0.127. The van der Waals surface area contributed by atoms with E-state index in [0.29, 0.717) is 17.6 Å². The number of halogens is 1. The maximum Gasteiger partial charge on any atom is 0.238 e. The average Bonchev–Trinajstić information content (AvgIpc) is 2.76. The maximum atomic E-state index is 12.0. The molecule has 0 aromatic carbocycles. The summed E-state index contributed by atoms with van der Waals surface area (Å²) in [5, 5.41) is 6.13. The van der Waals surface area contributed by atoms with Gasteiger partial charge in [0.15, 0.2) is 4.47 Å². The van der Waals surface area contributed by atoms with Gasteiger partial charge in [0, 0.05) is 43.8 Å². The second kappa shape index (κ2) is 6.47. The standard InChI is InChI=1S/C11H17ClN4OS/c1-2-14-10(17)9-6-13-3-4-16(9)7-8-5-15-11(12)18-8/h5,9,13H,2-4,6-7H2,1H3,(H,14,17). The molecule has 2 rings (SSSR count). The van der Waals surface area contributed by atoms with Crippen LogP contribution in [0.5, 0.6) is 0 Å². The Bertz CT molecular complexity index is 412. The second-order valence-corrected chi connectivity index (χ2v) is 5.86. The third-order valence-corrected chi connectivity index (χ3v) is 3.99. The first-order chi connectivity index (χ1) is 8.70. The van der Waals surface area contributed by atoms with E-state index >= 15 is 0 Å². The Kier molecular flexibility index (Phi) is 4.94. The molecule has 0 aliphatic carbocycles. The van der Waals surface area contributed by atoms with Crippen molar-refractivity contribution < 1.29 is 4.79 Å². The first kappa shape index (κ1) is 13.7. The molecule has 1 saturated heterocycles. The fourth-order valence-corrected chi connectivity index (χ4v) is 3.05. The SMILES string of the molecule is CCNC(=O)C1CNCCN1Cc1cnc(Cl)s1. The predicted molar refractivity (Wildman–Crippen MR) is 72.9 cm³/mol. The lowest BCUT2D eigenvalue weighted by Gasteiger charge is -2.34. The van der Waals surface area contributed by atoms with E-state index in [4.69, 9.17) is 11.6 Å². The van der Waals surface area contributed by atoms with E-state index in [1.165, 1.54) is 11.3 Å². The summed E-state index contributed by atoms with van der Waals surface area (Å²) in [4.78, 5) is 19.3. The molecule has 1 atom stereocenters. The largest absolute Gasteiger partial charge is 0.355 e. The summed E-state index contributed by atoms with van der Waals surface area (Å²) in [6.45, 7) is 5.78. The zero-order valence-corrected chi connectivity index (χ0v) is 11.9. The van der Waals surface area contributed by atoms with Gasteiger partial charge in [0.25, 0.3) is 0 Å². The van der Waals surface area contributed by atoms with Crippen LogP contribution in [0.1, 0.15) is 11.8 Å². The fourth-order valence-electron chi connectivity index (χ4n) is 2.04. The molecule has 0 spiro atoms. The van der Waals surface area contributed by atoms with Crippen LogP contribution in [0.15, 0.2) is 6.20 Å². The summed E-state index contributed by atoms with van der Waals surface area (Å²) < 4.78 is 0.551. The van der Waals surface area contributed by atoms with Crippen molar-refractivity contribution in [3.05, 3.63) is 15.5 Å². The number of likely N-dealkylation sites (N-methyl/N-ethyl adjacent to an activating group) is 1. The van der Waals surface area contributed by atoms with E-state index in [1.54, 1.807) is 6.20 Å². The molecule has 0 bridgehead atoms. The van der Waals surface area contributed by atoms with E-state index in [0.717, 1.165) is 24.5 Å². The summed E-state index contributed by atoms with van der Waals surface area (Å²) >= 11 is 7.29. The minimum absolute atomic E-state index is 0.0836. The van der Waals surface area contributed by atoms with Crippen LogP contribution in [0.4, 0.5) is 0 Å². The van der Waals surface area contributed by atoms with Crippen LogP contribution in [0.2, 0.25) is 4.47 Å². The van der Waals surface area contributed by atoms with Crippen LogP contribution >= 0.6 is 22.9 Å². The predicted octanol–water partition coefficient (Wildman–Crippen LogP) is 0.706. The molecule has 0 saturated carbocycles. The number of nitrogens with one attached hydrogen (secondary N) is 2. The molecule has 100 valence electrons. The van der Waals surface area contributed by atoms with E-state index < -0.39 is 0 Å². The van der Waals surface area contributed by atoms with Crippen molar-refractivity contribution in [1.82, 2.24) is 20.5 Å². The van der Waals surface area contributed by atoms with Gasteiger partial charge in [0.1, 0.15) is 6.04 Å². The van der Waals surface area contributed by atoms with Gasteiger partial charge in [0.2, 0.25) is 5.91 Å². The molecule has 1 aromatic heterocycles. The smallest absolute Gasteiger partial charge is 0.238 e. The van der Waals surface area contributed by atoms with Crippen LogP contribution in [0.3, 0.4) is 0 Å². The number of hydrogen-bond donors (Lipinski definition) is 2. The van der Waals surface area contributed by atoms with Crippen LogP contribution in [-0.4, -0.2) is 48.0 Å². The summed E-state index contributed by atoms with van der Waals surface area (Å²) in [5.74, 6) is 0.0836. The minimum atomic E-state index is -0.112. The lowest BCUT2D eigenvalue weighted by atomic mass is 10.1. The Morgan fingerprint density at radius 3 is 3.28 bits per heavy atom. The monoisotopic (exact) mass is 288 g/mol. The highest BCUT2D eigenvalue weighted by Crippen LogP contribution is 2.20. The topological polar surface area (TPSA) is 57.3 Å². The zero-order valence-electron chi connectivity index (χ0n) is 10.3. The number of carbonyl (C=O) groups is 1.